The molecule has 2 aromatic rings. The first-order valence-corrected chi connectivity index (χ1v) is 7.00. The van der Waals surface area contributed by atoms with Crippen LogP contribution in [-0.4, -0.2) is 15.6 Å². The normalized spacial score (nSPS) is 17.7. The number of fused-ring (bicyclic) bond motifs is 1. The topological polar surface area (TPSA) is 44.1 Å². The molecule has 3 rings (SSSR count). The van der Waals surface area contributed by atoms with E-state index in [1.165, 1.54) is 0 Å². The van der Waals surface area contributed by atoms with E-state index in [9.17, 15) is 4.79 Å². The van der Waals surface area contributed by atoms with Crippen LogP contribution in [0.15, 0.2) is 30.6 Å². The summed E-state index contributed by atoms with van der Waals surface area (Å²) in [4.78, 5) is 12.2. The Morgan fingerprint density at radius 1 is 1.45 bits per heavy atom. The Bertz CT molecular complexity index is 646. The van der Waals surface area contributed by atoms with Gasteiger partial charge in [-0.1, -0.05) is 18.6 Å². The van der Waals surface area contributed by atoms with E-state index in [1.807, 2.05) is 36.0 Å². The molecule has 1 aliphatic rings. The van der Waals surface area contributed by atoms with E-state index < -0.39 is 0 Å². The second kappa shape index (κ2) is 5.12. The van der Waals surface area contributed by atoms with Crippen molar-refractivity contribution in [3.05, 3.63) is 47.3 Å². The predicted molar refractivity (Wildman–Crippen MR) is 76.0 cm³/mol. The molecule has 0 saturated carbocycles. The number of nitrogens with zero attached hydrogens (tertiary/aromatic N) is 2. The maximum Gasteiger partial charge on any atom is 0.170 e. The van der Waals surface area contributed by atoms with Gasteiger partial charge in [-0.15, -0.1) is 0 Å². The molecular formula is C16H18N2O2. The third-order valence-corrected chi connectivity index (χ3v) is 3.55. The van der Waals surface area contributed by atoms with Crippen molar-refractivity contribution >= 4 is 5.78 Å². The van der Waals surface area contributed by atoms with Crippen LogP contribution in [-0.2, 0) is 6.54 Å². The minimum Gasteiger partial charge on any atom is -0.484 e. The number of carbonyl (C=O) groups is 1. The summed E-state index contributed by atoms with van der Waals surface area (Å²) in [5.41, 5.74) is 2.75. The van der Waals surface area contributed by atoms with Crippen molar-refractivity contribution in [1.82, 2.24) is 9.78 Å². The summed E-state index contributed by atoms with van der Waals surface area (Å²) < 4.78 is 7.86. The fourth-order valence-corrected chi connectivity index (χ4v) is 2.52. The molecule has 4 heteroatoms. The SMILES string of the molecule is CCCn1cc(C2CC(=O)c3cc(C)ccc3O2)cn1. The summed E-state index contributed by atoms with van der Waals surface area (Å²) in [6, 6.07) is 5.74. The van der Waals surface area contributed by atoms with Gasteiger partial charge in [-0.25, -0.2) is 0 Å². The molecule has 0 aliphatic carbocycles. The molecule has 0 fully saturated rings. The van der Waals surface area contributed by atoms with E-state index in [-0.39, 0.29) is 11.9 Å². The lowest BCUT2D eigenvalue weighted by Gasteiger charge is -2.24. The van der Waals surface area contributed by atoms with Crippen LogP contribution in [0.4, 0.5) is 0 Å². The third kappa shape index (κ3) is 2.33. The van der Waals surface area contributed by atoms with E-state index in [0.717, 1.165) is 24.1 Å². The van der Waals surface area contributed by atoms with Crippen molar-refractivity contribution in [1.29, 1.82) is 0 Å². The number of ketones is 1. The minimum atomic E-state index is -0.219. The van der Waals surface area contributed by atoms with Crippen LogP contribution in [0, 0.1) is 6.92 Å². The minimum absolute atomic E-state index is 0.142. The van der Waals surface area contributed by atoms with Gasteiger partial charge in [0.25, 0.3) is 0 Å². The van der Waals surface area contributed by atoms with E-state index in [2.05, 4.69) is 12.0 Å². The van der Waals surface area contributed by atoms with Gasteiger partial charge < -0.3 is 4.74 Å². The van der Waals surface area contributed by atoms with Gasteiger partial charge in [0.05, 0.1) is 18.2 Å². The zero-order chi connectivity index (χ0) is 14.1. The lowest BCUT2D eigenvalue weighted by atomic mass is 9.97. The summed E-state index contributed by atoms with van der Waals surface area (Å²) >= 11 is 0. The smallest absolute Gasteiger partial charge is 0.170 e. The Kier molecular flexibility index (Phi) is 3.30. The second-order valence-electron chi connectivity index (χ2n) is 5.27. The molecule has 1 unspecified atom stereocenters. The molecule has 20 heavy (non-hydrogen) atoms. The van der Waals surface area contributed by atoms with E-state index >= 15 is 0 Å². The number of rotatable bonds is 3. The highest BCUT2D eigenvalue weighted by molar-refractivity contribution is 6.00. The maximum absolute atomic E-state index is 12.2. The van der Waals surface area contributed by atoms with Crippen molar-refractivity contribution < 1.29 is 9.53 Å². The average Bonchev–Trinajstić information content (AvgIpc) is 2.88. The Balaban J connectivity index is 1.87. The van der Waals surface area contributed by atoms with Gasteiger partial charge in [0.2, 0.25) is 0 Å². The number of aromatic nitrogens is 2. The highest BCUT2D eigenvalue weighted by Gasteiger charge is 2.28. The summed E-state index contributed by atoms with van der Waals surface area (Å²) in [7, 11) is 0. The molecule has 2 heterocycles. The molecule has 0 saturated heterocycles. The number of ether oxygens (including phenoxy) is 1. The molecule has 0 N–H and O–H groups in total. The highest BCUT2D eigenvalue weighted by atomic mass is 16.5. The third-order valence-electron chi connectivity index (χ3n) is 3.55. The molecule has 104 valence electrons. The Hall–Kier alpha value is -2.10. The van der Waals surface area contributed by atoms with E-state index in [1.54, 1.807) is 6.20 Å². The number of Topliss-reactive ketones (excluding diaryl/α,β-unsaturated/α-hetero) is 1. The van der Waals surface area contributed by atoms with Gasteiger partial charge in [0.1, 0.15) is 11.9 Å². The molecule has 1 aromatic carbocycles. The van der Waals surface area contributed by atoms with E-state index in [4.69, 9.17) is 4.74 Å². The predicted octanol–water partition coefficient (Wildman–Crippen LogP) is 3.31. The van der Waals surface area contributed by atoms with Crippen molar-refractivity contribution in [2.75, 3.05) is 0 Å². The zero-order valence-corrected chi connectivity index (χ0v) is 11.8. The zero-order valence-electron chi connectivity index (χ0n) is 11.8. The molecule has 1 atom stereocenters. The number of carbonyl (C=O) groups excluding carboxylic acids is 1. The van der Waals surface area contributed by atoms with Crippen molar-refractivity contribution in [3.63, 3.8) is 0 Å². The van der Waals surface area contributed by atoms with Gasteiger partial charge in [0.15, 0.2) is 5.78 Å². The van der Waals surface area contributed by atoms with Crippen LogP contribution < -0.4 is 4.74 Å². The number of benzene rings is 1. The monoisotopic (exact) mass is 270 g/mol. The van der Waals surface area contributed by atoms with Crippen molar-refractivity contribution in [2.45, 2.75) is 39.3 Å². The van der Waals surface area contributed by atoms with Crippen molar-refractivity contribution in [3.8, 4) is 5.75 Å². The van der Waals surface area contributed by atoms with Crippen molar-refractivity contribution in [2.24, 2.45) is 0 Å². The molecular weight excluding hydrogens is 252 g/mol. The summed E-state index contributed by atoms with van der Waals surface area (Å²) in [6.07, 6.45) is 4.97. The Morgan fingerprint density at radius 2 is 2.30 bits per heavy atom. The first-order valence-electron chi connectivity index (χ1n) is 7.00. The highest BCUT2D eigenvalue weighted by Crippen LogP contribution is 2.35. The molecule has 1 aromatic heterocycles. The van der Waals surface area contributed by atoms with Gasteiger partial charge >= 0.3 is 0 Å². The van der Waals surface area contributed by atoms with Gasteiger partial charge in [-0.05, 0) is 25.5 Å². The number of hydrogen-bond acceptors (Lipinski definition) is 3. The summed E-state index contributed by atoms with van der Waals surface area (Å²) in [5.74, 6) is 0.822. The Morgan fingerprint density at radius 3 is 3.10 bits per heavy atom. The Labute approximate surface area is 118 Å². The standard InChI is InChI=1S/C16H18N2O2/c1-3-6-18-10-12(9-17-18)16-8-14(19)13-7-11(2)4-5-15(13)20-16/h4-5,7,9-10,16H,3,6,8H2,1-2H3. The number of aryl methyl sites for hydroxylation is 2. The summed E-state index contributed by atoms with van der Waals surface area (Å²) in [6.45, 7) is 4.98. The average molecular weight is 270 g/mol. The van der Waals surface area contributed by atoms with Crippen LogP contribution in [0.3, 0.4) is 0 Å². The second-order valence-corrected chi connectivity index (χ2v) is 5.27. The first-order chi connectivity index (χ1) is 9.67. The van der Waals surface area contributed by atoms with Crippen LogP contribution >= 0.6 is 0 Å². The quantitative estimate of drug-likeness (QED) is 0.859. The lowest BCUT2D eigenvalue weighted by Crippen LogP contribution is -2.20. The number of hydrogen-bond donors (Lipinski definition) is 0. The largest absolute Gasteiger partial charge is 0.484 e. The van der Waals surface area contributed by atoms with Crippen LogP contribution in [0.25, 0.3) is 0 Å². The first kappa shape index (κ1) is 12.9. The lowest BCUT2D eigenvalue weighted by molar-refractivity contribution is 0.0850. The maximum atomic E-state index is 12.2. The van der Waals surface area contributed by atoms with E-state index in [0.29, 0.717) is 17.7 Å². The fraction of sp³-hybridized carbons (Fsp3) is 0.375. The molecule has 1 aliphatic heterocycles. The molecule has 0 spiro atoms. The molecule has 0 radical (unpaired) electrons. The molecule has 0 amide bonds. The summed E-state index contributed by atoms with van der Waals surface area (Å²) in [5, 5.41) is 4.30. The fourth-order valence-electron chi connectivity index (χ4n) is 2.52. The van der Waals surface area contributed by atoms with Crippen LogP contribution in [0.2, 0.25) is 0 Å². The molecule has 0 bridgehead atoms. The van der Waals surface area contributed by atoms with Gasteiger partial charge in [0, 0.05) is 18.3 Å². The van der Waals surface area contributed by atoms with Crippen LogP contribution in [0.5, 0.6) is 5.75 Å². The van der Waals surface area contributed by atoms with Gasteiger partial charge in [-0.3, -0.25) is 9.48 Å². The van der Waals surface area contributed by atoms with Gasteiger partial charge in [-0.2, -0.15) is 5.10 Å². The molecule has 4 nitrogen and oxygen atoms in total. The van der Waals surface area contributed by atoms with Crippen LogP contribution in [0.1, 0.15) is 47.4 Å².